The Hall–Kier alpha value is -0.820. The second-order valence-electron chi connectivity index (χ2n) is 6.35. The highest BCUT2D eigenvalue weighted by Crippen LogP contribution is 2.21. The Labute approximate surface area is 126 Å². The van der Waals surface area contributed by atoms with E-state index in [1.807, 2.05) is 0 Å². The molecule has 1 atom stereocenters. The van der Waals surface area contributed by atoms with Gasteiger partial charge in [0.2, 0.25) is 0 Å². The van der Waals surface area contributed by atoms with E-state index in [1.165, 1.54) is 49.7 Å². The van der Waals surface area contributed by atoms with Gasteiger partial charge in [-0.05, 0) is 48.8 Å². The van der Waals surface area contributed by atoms with Crippen molar-refractivity contribution in [3.8, 4) is 0 Å². The molecule has 1 heteroatoms. The highest BCUT2D eigenvalue weighted by molar-refractivity contribution is 5.24. The Morgan fingerprint density at radius 2 is 1.65 bits per heavy atom. The molecule has 0 spiro atoms. The van der Waals surface area contributed by atoms with Crippen molar-refractivity contribution in [1.82, 2.24) is 0 Å². The Balaban J connectivity index is 2.52. The minimum Gasteiger partial charge on any atom is -0.330 e. The third-order valence-corrected chi connectivity index (χ3v) is 4.21. The average Bonchev–Trinajstić information content (AvgIpc) is 2.45. The van der Waals surface area contributed by atoms with Crippen LogP contribution in [0.3, 0.4) is 0 Å². The monoisotopic (exact) mass is 275 g/mol. The second-order valence-corrected chi connectivity index (χ2v) is 6.35. The van der Waals surface area contributed by atoms with Crippen LogP contribution in [0, 0.1) is 11.8 Å². The molecule has 1 nitrogen and oxygen atoms in total. The molecule has 0 heterocycles. The lowest BCUT2D eigenvalue weighted by molar-refractivity contribution is 0.411. The number of rotatable bonds is 10. The zero-order chi connectivity index (χ0) is 14.8. The molecule has 1 unspecified atom stereocenters. The lowest BCUT2D eigenvalue weighted by atomic mass is 9.90. The molecule has 0 aliphatic heterocycles. The number of benzene rings is 1. The summed E-state index contributed by atoms with van der Waals surface area (Å²) in [6.45, 7) is 7.61. The summed E-state index contributed by atoms with van der Waals surface area (Å²) in [5.74, 6) is 1.50. The third kappa shape index (κ3) is 6.56. The molecule has 0 saturated carbocycles. The fourth-order valence-electron chi connectivity index (χ4n) is 3.02. The van der Waals surface area contributed by atoms with Crippen molar-refractivity contribution in [2.45, 2.75) is 65.7 Å². The van der Waals surface area contributed by atoms with E-state index in [-0.39, 0.29) is 0 Å². The Bertz CT molecular complexity index is 353. The van der Waals surface area contributed by atoms with Crippen LogP contribution in [0.15, 0.2) is 24.3 Å². The molecular weight excluding hydrogens is 242 g/mol. The zero-order valence-electron chi connectivity index (χ0n) is 13.7. The molecule has 0 aromatic heterocycles. The van der Waals surface area contributed by atoms with Crippen molar-refractivity contribution in [2.24, 2.45) is 17.6 Å². The first-order chi connectivity index (χ1) is 9.69. The van der Waals surface area contributed by atoms with Gasteiger partial charge >= 0.3 is 0 Å². The Kier molecular flexibility index (Phi) is 8.60. The second kappa shape index (κ2) is 9.99. The molecule has 1 rings (SSSR count). The molecular formula is C19H33N. The maximum Gasteiger partial charge on any atom is -0.00483 e. The van der Waals surface area contributed by atoms with E-state index >= 15 is 0 Å². The highest BCUT2D eigenvalue weighted by atomic mass is 14.5. The summed E-state index contributed by atoms with van der Waals surface area (Å²) in [7, 11) is 0. The van der Waals surface area contributed by atoms with Crippen LogP contribution in [0.2, 0.25) is 0 Å². The van der Waals surface area contributed by atoms with Gasteiger partial charge in [0.25, 0.3) is 0 Å². The van der Waals surface area contributed by atoms with Gasteiger partial charge in [-0.25, -0.2) is 0 Å². The molecule has 0 saturated heterocycles. The normalized spacial score (nSPS) is 12.8. The van der Waals surface area contributed by atoms with Crippen LogP contribution in [0.25, 0.3) is 0 Å². The lowest BCUT2D eigenvalue weighted by Crippen LogP contribution is -2.13. The zero-order valence-corrected chi connectivity index (χ0v) is 13.7. The van der Waals surface area contributed by atoms with E-state index in [0.717, 1.165) is 18.9 Å². The van der Waals surface area contributed by atoms with Crippen molar-refractivity contribution < 1.29 is 0 Å². The molecule has 0 fully saturated rings. The molecule has 2 N–H and O–H groups in total. The first-order valence-corrected chi connectivity index (χ1v) is 8.47. The van der Waals surface area contributed by atoms with Gasteiger partial charge in [0.1, 0.15) is 0 Å². The third-order valence-electron chi connectivity index (χ3n) is 4.21. The predicted molar refractivity (Wildman–Crippen MR) is 90.0 cm³/mol. The van der Waals surface area contributed by atoms with Crippen molar-refractivity contribution in [3.05, 3.63) is 35.4 Å². The van der Waals surface area contributed by atoms with E-state index in [9.17, 15) is 0 Å². The topological polar surface area (TPSA) is 26.0 Å². The first kappa shape index (κ1) is 17.2. The van der Waals surface area contributed by atoms with E-state index in [2.05, 4.69) is 45.0 Å². The SMILES string of the molecule is CCCC(CCC)CCc1cccc(CC(C)CN)c1. The van der Waals surface area contributed by atoms with Gasteiger partial charge in [0.05, 0.1) is 0 Å². The smallest absolute Gasteiger partial charge is 0.00483 e. The van der Waals surface area contributed by atoms with Gasteiger partial charge < -0.3 is 5.73 Å². The summed E-state index contributed by atoms with van der Waals surface area (Å²) >= 11 is 0. The summed E-state index contributed by atoms with van der Waals surface area (Å²) in [4.78, 5) is 0. The largest absolute Gasteiger partial charge is 0.330 e. The van der Waals surface area contributed by atoms with Gasteiger partial charge in [0, 0.05) is 0 Å². The van der Waals surface area contributed by atoms with Crippen molar-refractivity contribution in [2.75, 3.05) is 6.54 Å². The standard InChI is InChI=1S/C19H33N/c1-4-7-17(8-5-2)11-12-18-9-6-10-19(14-18)13-16(3)15-20/h6,9-10,14,16-17H,4-5,7-8,11-13,15,20H2,1-3H3. The van der Waals surface area contributed by atoms with Crippen LogP contribution in [0.1, 0.15) is 64.0 Å². The molecule has 0 aliphatic rings. The quantitative estimate of drug-likeness (QED) is 0.641. The van der Waals surface area contributed by atoms with Crippen LogP contribution in [-0.4, -0.2) is 6.54 Å². The van der Waals surface area contributed by atoms with Crippen LogP contribution >= 0.6 is 0 Å². The number of aryl methyl sites for hydroxylation is 1. The molecule has 114 valence electrons. The lowest BCUT2D eigenvalue weighted by Gasteiger charge is -2.15. The van der Waals surface area contributed by atoms with Crippen molar-refractivity contribution >= 4 is 0 Å². The van der Waals surface area contributed by atoms with Gasteiger partial charge in [-0.2, -0.15) is 0 Å². The molecule has 1 aromatic carbocycles. The summed E-state index contributed by atoms with van der Waals surface area (Å²) in [6, 6.07) is 9.13. The summed E-state index contributed by atoms with van der Waals surface area (Å²) < 4.78 is 0. The summed E-state index contributed by atoms with van der Waals surface area (Å²) in [5.41, 5.74) is 8.67. The first-order valence-electron chi connectivity index (χ1n) is 8.47. The van der Waals surface area contributed by atoms with E-state index in [1.54, 1.807) is 0 Å². The maximum absolute atomic E-state index is 5.72. The number of hydrogen-bond donors (Lipinski definition) is 1. The van der Waals surface area contributed by atoms with Gasteiger partial charge in [0.15, 0.2) is 0 Å². The molecule has 0 amide bonds. The molecule has 1 aromatic rings. The predicted octanol–water partition coefficient (Wildman–Crippen LogP) is 4.97. The van der Waals surface area contributed by atoms with Crippen molar-refractivity contribution in [1.29, 1.82) is 0 Å². The van der Waals surface area contributed by atoms with E-state index < -0.39 is 0 Å². The van der Waals surface area contributed by atoms with Crippen LogP contribution in [-0.2, 0) is 12.8 Å². The maximum atomic E-state index is 5.72. The number of nitrogens with two attached hydrogens (primary N) is 1. The highest BCUT2D eigenvalue weighted by Gasteiger charge is 2.08. The van der Waals surface area contributed by atoms with Gasteiger partial charge in [-0.3, -0.25) is 0 Å². The molecule has 0 aliphatic carbocycles. The molecule has 20 heavy (non-hydrogen) atoms. The minimum atomic E-state index is 0.582. The number of hydrogen-bond acceptors (Lipinski definition) is 1. The van der Waals surface area contributed by atoms with Gasteiger partial charge in [-0.15, -0.1) is 0 Å². The van der Waals surface area contributed by atoms with Gasteiger partial charge in [-0.1, -0.05) is 70.7 Å². The van der Waals surface area contributed by atoms with Crippen molar-refractivity contribution in [3.63, 3.8) is 0 Å². The Morgan fingerprint density at radius 1 is 1.00 bits per heavy atom. The summed E-state index contributed by atoms with van der Waals surface area (Å²) in [5, 5.41) is 0. The van der Waals surface area contributed by atoms with Crippen LogP contribution < -0.4 is 5.73 Å². The fraction of sp³-hybridized carbons (Fsp3) is 0.684. The van der Waals surface area contributed by atoms with E-state index in [4.69, 9.17) is 5.73 Å². The summed E-state index contributed by atoms with van der Waals surface area (Å²) in [6.07, 6.45) is 9.09. The average molecular weight is 275 g/mol. The molecule has 0 bridgehead atoms. The molecule has 0 radical (unpaired) electrons. The Morgan fingerprint density at radius 3 is 2.25 bits per heavy atom. The fourth-order valence-corrected chi connectivity index (χ4v) is 3.02. The van der Waals surface area contributed by atoms with Crippen LogP contribution in [0.5, 0.6) is 0 Å². The minimum absolute atomic E-state index is 0.582. The van der Waals surface area contributed by atoms with Crippen LogP contribution in [0.4, 0.5) is 0 Å². The van der Waals surface area contributed by atoms with E-state index in [0.29, 0.717) is 5.92 Å².